The largest absolute Gasteiger partial charge is 0.466 e. The average Bonchev–Trinajstić information content (AvgIpc) is 2.84. The topological polar surface area (TPSA) is 75.8 Å². The minimum atomic E-state index is -0.0772. The first-order valence-electron chi connectivity index (χ1n) is 14.2. The molecule has 5 nitrogen and oxygen atoms in total. The molecule has 0 aromatic carbocycles. The molecule has 0 saturated carbocycles. The van der Waals surface area contributed by atoms with Crippen LogP contribution in [0, 0.1) is 0 Å². The van der Waals surface area contributed by atoms with Gasteiger partial charge in [0.25, 0.3) is 0 Å². The van der Waals surface area contributed by atoms with E-state index in [4.69, 9.17) is 15.6 Å². The predicted octanol–water partition coefficient (Wildman–Crippen LogP) is 6.55. The highest BCUT2D eigenvalue weighted by molar-refractivity contribution is 5.69. The van der Waals surface area contributed by atoms with Crippen LogP contribution < -0.4 is 5.73 Å². The number of aliphatic hydroxyl groups is 1. The molecular weight excluding hydrogens is 424 g/mol. The third-order valence-corrected chi connectivity index (χ3v) is 6.02. The second-order valence-corrected chi connectivity index (χ2v) is 9.32. The van der Waals surface area contributed by atoms with E-state index in [1.807, 2.05) is 0 Å². The van der Waals surface area contributed by atoms with E-state index in [1.165, 1.54) is 57.8 Å². The number of carbonyl (C=O) groups excluding carboxylic acids is 1. The van der Waals surface area contributed by atoms with Crippen molar-refractivity contribution in [2.24, 2.45) is 5.73 Å². The van der Waals surface area contributed by atoms with E-state index in [0.29, 0.717) is 13.0 Å². The molecule has 0 bridgehead atoms. The molecule has 0 aromatic rings. The van der Waals surface area contributed by atoms with Crippen LogP contribution in [0.3, 0.4) is 0 Å². The molecule has 0 aliphatic heterocycles. The molecule has 0 spiro atoms. The maximum absolute atomic E-state index is 12.0. The van der Waals surface area contributed by atoms with Crippen LogP contribution in [-0.2, 0) is 9.53 Å². The van der Waals surface area contributed by atoms with Gasteiger partial charge in [0.05, 0.1) is 6.61 Å². The van der Waals surface area contributed by atoms with Crippen LogP contribution in [0.1, 0.15) is 116 Å². The summed E-state index contributed by atoms with van der Waals surface area (Å²) in [6.07, 6.45) is 28.0. The summed E-state index contributed by atoms with van der Waals surface area (Å²) in [5, 5.41) is 9.05. The van der Waals surface area contributed by atoms with Gasteiger partial charge in [-0.15, -0.1) is 0 Å². The van der Waals surface area contributed by atoms with Crippen LogP contribution in [0.15, 0.2) is 24.3 Å². The lowest BCUT2D eigenvalue weighted by molar-refractivity contribution is -0.144. The summed E-state index contributed by atoms with van der Waals surface area (Å²) in [4.78, 5) is 14.3. The fraction of sp³-hybridized carbons (Fsp3) is 0.828. The molecule has 0 saturated heterocycles. The van der Waals surface area contributed by atoms with Crippen LogP contribution >= 0.6 is 0 Å². The lowest BCUT2D eigenvalue weighted by Crippen LogP contribution is -2.28. The zero-order valence-corrected chi connectivity index (χ0v) is 22.4. The summed E-state index contributed by atoms with van der Waals surface area (Å²) >= 11 is 0. The molecule has 200 valence electrons. The average molecular weight is 481 g/mol. The number of unbranched alkanes of at least 4 members (excludes halogenated alkanes) is 10. The lowest BCUT2D eigenvalue weighted by atomic mass is 10.1. The number of carbonyl (C=O) groups is 1. The fourth-order valence-electron chi connectivity index (χ4n) is 3.90. The van der Waals surface area contributed by atoms with E-state index in [0.717, 1.165) is 71.1 Å². The van der Waals surface area contributed by atoms with Gasteiger partial charge < -0.3 is 20.5 Å². The molecule has 0 amide bonds. The number of aliphatic hydroxyl groups excluding tert-OH is 1. The first-order valence-corrected chi connectivity index (χ1v) is 14.2. The smallest absolute Gasteiger partial charge is 0.305 e. The van der Waals surface area contributed by atoms with E-state index < -0.39 is 0 Å². The zero-order chi connectivity index (χ0) is 25.0. The maximum Gasteiger partial charge on any atom is 0.305 e. The van der Waals surface area contributed by atoms with Crippen LogP contribution in [0.4, 0.5) is 0 Å². The van der Waals surface area contributed by atoms with E-state index >= 15 is 0 Å². The van der Waals surface area contributed by atoms with Crippen molar-refractivity contribution < 1.29 is 14.6 Å². The minimum absolute atomic E-state index is 0.0772. The Hall–Kier alpha value is -1.17. The summed E-state index contributed by atoms with van der Waals surface area (Å²) in [5.74, 6) is -0.0772. The predicted molar refractivity (Wildman–Crippen MR) is 146 cm³/mol. The van der Waals surface area contributed by atoms with Gasteiger partial charge in [-0.1, -0.05) is 69.8 Å². The molecule has 0 radical (unpaired) electrons. The zero-order valence-electron chi connectivity index (χ0n) is 22.4. The summed E-state index contributed by atoms with van der Waals surface area (Å²) in [6, 6.07) is 0. The van der Waals surface area contributed by atoms with Gasteiger partial charge in [-0.3, -0.25) is 4.79 Å². The number of hydrogen-bond donors (Lipinski definition) is 2. The molecule has 0 fully saturated rings. The molecule has 5 heteroatoms. The van der Waals surface area contributed by atoms with Gasteiger partial charge in [0, 0.05) is 19.6 Å². The van der Waals surface area contributed by atoms with Crippen molar-refractivity contribution in [1.82, 2.24) is 4.90 Å². The lowest BCUT2D eigenvalue weighted by Gasteiger charge is -2.21. The quantitative estimate of drug-likeness (QED) is 0.0834. The van der Waals surface area contributed by atoms with Crippen LogP contribution in [0.2, 0.25) is 0 Å². The molecule has 0 aliphatic rings. The highest BCUT2D eigenvalue weighted by atomic mass is 16.5. The minimum Gasteiger partial charge on any atom is -0.466 e. The van der Waals surface area contributed by atoms with Gasteiger partial charge in [-0.25, -0.2) is 0 Å². The highest BCUT2D eigenvalue weighted by Gasteiger charge is 2.07. The number of ether oxygens (including phenoxy) is 1. The first kappa shape index (κ1) is 32.8. The first-order chi connectivity index (χ1) is 16.7. The molecule has 0 heterocycles. The molecular formula is C29H56N2O3. The van der Waals surface area contributed by atoms with Gasteiger partial charge in [0.15, 0.2) is 0 Å². The van der Waals surface area contributed by atoms with E-state index in [1.54, 1.807) is 0 Å². The van der Waals surface area contributed by atoms with Crippen molar-refractivity contribution in [3.8, 4) is 0 Å². The summed E-state index contributed by atoms with van der Waals surface area (Å²) in [6.45, 7) is 6.47. The Kier molecular flexibility index (Phi) is 27.1. The third kappa shape index (κ3) is 25.5. The second kappa shape index (κ2) is 28.1. The van der Waals surface area contributed by atoms with Crippen molar-refractivity contribution in [2.45, 2.75) is 116 Å². The number of esters is 1. The van der Waals surface area contributed by atoms with Gasteiger partial charge in [-0.05, 0) is 83.8 Å². The van der Waals surface area contributed by atoms with E-state index in [2.05, 4.69) is 36.1 Å². The molecule has 0 unspecified atom stereocenters. The second-order valence-electron chi connectivity index (χ2n) is 9.32. The van der Waals surface area contributed by atoms with Gasteiger partial charge in [-0.2, -0.15) is 0 Å². The van der Waals surface area contributed by atoms with E-state index in [-0.39, 0.29) is 12.6 Å². The van der Waals surface area contributed by atoms with Crippen LogP contribution in [-0.4, -0.2) is 55.4 Å². The fourth-order valence-corrected chi connectivity index (χ4v) is 3.90. The summed E-state index contributed by atoms with van der Waals surface area (Å²) in [7, 11) is 0. The monoisotopic (exact) mass is 480 g/mol. The number of nitrogens with two attached hydrogens (primary N) is 1. The Morgan fingerprint density at radius 3 is 2.06 bits per heavy atom. The maximum atomic E-state index is 12.0. The standard InChI is InChI=1S/C29H56N2O3/c1-2-3-4-5-6-7-8-9-10-11-12-13-14-15-16-19-28-34-29(33)22-20-25-31(26-21-27-32)24-18-17-23-30/h6-7,9-10,32H,2-5,8,11-28,30H2,1H3/b7-6-,10-9-. The number of nitrogens with zero attached hydrogens (tertiary/aromatic N) is 1. The Morgan fingerprint density at radius 2 is 1.38 bits per heavy atom. The van der Waals surface area contributed by atoms with Crippen molar-refractivity contribution in [3.05, 3.63) is 24.3 Å². The van der Waals surface area contributed by atoms with Crippen molar-refractivity contribution >= 4 is 5.97 Å². The Labute approximate surface area is 211 Å². The normalized spacial score (nSPS) is 11.9. The van der Waals surface area contributed by atoms with Crippen LogP contribution in [0.5, 0.6) is 0 Å². The van der Waals surface area contributed by atoms with Crippen molar-refractivity contribution in [3.63, 3.8) is 0 Å². The van der Waals surface area contributed by atoms with Crippen molar-refractivity contribution in [2.75, 3.05) is 39.4 Å². The Morgan fingerprint density at radius 1 is 0.765 bits per heavy atom. The Bertz CT molecular complexity index is 480. The molecule has 0 aromatic heterocycles. The van der Waals surface area contributed by atoms with Gasteiger partial charge in [0.1, 0.15) is 0 Å². The molecule has 0 rings (SSSR count). The Balaban J connectivity index is 3.50. The SMILES string of the molecule is CCCCC/C=C\C/C=C\CCCCCCCCOC(=O)CCCN(CCCO)CCCCN. The molecule has 3 N–H and O–H groups in total. The number of rotatable bonds is 26. The molecule has 34 heavy (non-hydrogen) atoms. The summed E-state index contributed by atoms with van der Waals surface area (Å²) < 4.78 is 5.39. The van der Waals surface area contributed by atoms with Crippen LogP contribution in [0.25, 0.3) is 0 Å². The number of allylic oxidation sites excluding steroid dienone is 4. The van der Waals surface area contributed by atoms with Gasteiger partial charge >= 0.3 is 5.97 Å². The molecule has 0 aliphatic carbocycles. The number of hydrogen-bond acceptors (Lipinski definition) is 5. The summed E-state index contributed by atoms with van der Waals surface area (Å²) in [5.41, 5.74) is 5.57. The molecule has 0 atom stereocenters. The third-order valence-electron chi connectivity index (χ3n) is 6.02. The van der Waals surface area contributed by atoms with Crippen molar-refractivity contribution in [1.29, 1.82) is 0 Å². The highest BCUT2D eigenvalue weighted by Crippen LogP contribution is 2.09. The van der Waals surface area contributed by atoms with E-state index in [9.17, 15) is 4.79 Å². The van der Waals surface area contributed by atoms with Gasteiger partial charge in [0.2, 0.25) is 0 Å².